The SMILES string of the molecule is CC(C)(C)[Si](C)(C)O[C@H](CCCn1ccc2ccc(NC(=O)CCCc3ccccc3)cc21)n1cnc(C(N)=O)c1. The number of fused-ring (bicyclic) bond motifs is 1. The minimum atomic E-state index is -2.09. The van der Waals surface area contributed by atoms with Crippen molar-refractivity contribution in [3.05, 3.63) is 84.6 Å². The van der Waals surface area contributed by atoms with E-state index < -0.39 is 14.2 Å². The van der Waals surface area contributed by atoms with Crippen molar-refractivity contribution in [1.29, 1.82) is 0 Å². The summed E-state index contributed by atoms with van der Waals surface area (Å²) in [5, 5.41) is 4.23. The van der Waals surface area contributed by atoms with E-state index in [-0.39, 0.29) is 22.9 Å². The zero-order chi connectivity index (χ0) is 29.6. The van der Waals surface area contributed by atoms with Crippen LogP contribution in [0.2, 0.25) is 18.1 Å². The first-order valence-corrected chi connectivity index (χ1v) is 17.3. The van der Waals surface area contributed by atoms with Crippen molar-refractivity contribution >= 4 is 36.7 Å². The van der Waals surface area contributed by atoms with E-state index in [1.807, 2.05) is 41.0 Å². The second-order valence-corrected chi connectivity index (χ2v) is 17.0. The van der Waals surface area contributed by atoms with Gasteiger partial charge in [-0.05, 0) is 73.0 Å². The molecule has 0 unspecified atom stereocenters. The van der Waals surface area contributed by atoms with Gasteiger partial charge in [0.1, 0.15) is 11.9 Å². The molecule has 9 heteroatoms. The van der Waals surface area contributed by atoms with Gasteiger partial charge in [-0.15, -0.1) is 0 Å². The molecule has 0 saturated heterocycles. The molecule has 2 amide bonds. The van der Waals surface area contributed by atoms with Crippen molar-refractivity contribution < 1.29 is 14.0 Å². The second kappa shape index (κ2) is 12.9. The lowest BCUT2D eigenvalue weighted by atomic mass is 10.1. The molecule has 0 spiro atoms. The topological polar surface area (TPSA) is 104 Å². The van der Waals surface area contributed by atoms with Gasteiger partial charge in [-0.25, -0.2) is 4.98 Å². The third kappa shape index (κ3) is 7.95. The summed E-state index contributed by atoms with van der Waals surface area (Å²) in [6, 6.07) is 18.4. The van der Waals surface area contributed by atoms with Gasteiger partial charge in [-0.3, -0.25) is 9.59 Å². The number of nitrogens with zero attached hydrogens (tertiary/aromatic N) is 3. The molecule has 3 N–H and O–H groups in total. The molecule has 0 aliphatic carbocycles. The number of carbonyl (C=O) groups is 2. The van der Waals surface area contributed by atoms with Gasteiger partial charge in [0, 0.05) is 31.0 Å². The fraction of sp³-hybridized carbons (Fsp3) is 0.406. The lowest BCUT2D eigenvalue weighted by molar-refractivity contribution is -0.116. The van der Waals surface area contributed by atoms with Gasteiger partial charge in [0.25, 0.3) is 5.91 Å². The first kappa shape index (κ1) is 30.3. The highest BCUT2D eigenvalue weighted by atomic mass is 28.4. The second-order valence-electron chi connectivity index (χ2n) is 12.2. The fourth-order valence-electron chi connectivity index (χ4n) is 4.62. The predicted molar refractivity (Wildman–Crippen MR) is 167 cm³/mol. The smallest absolute Gasteiger partial charge is 0.268 e. The molecule has 2 aromatic carbocycles. The minimum Gasteiger partial charge on any atom is -0.397 e. The van der Waals surface area contributed by atoms with Crippen LogP contribution in [0.1, 0.15) is 68.7 Å². The first-order valence-electron chi connectivity index (χ1n) is 14.4. The van der Waals surface area contributed by atoms with Crippen LogP contribution in [0.25, 0.3) is 10.9 Å². The molecule has 0 saturated carbocycles. The molecule has 4 aromatic rings. The number of primary amides is 1. The van der Waals surface area contributed by atoms with E-state index in [4.69, 9.17) is 10.2 Å². The van der Waals surface area contributed by atoms with E-state index in [2.05, 4.69) is 73.1 Å². The number of nitrogens with two attached hydrogens (primary N) is 1. The number of carbonyl (C=O) groups excluding carboxylic acids is 2. The van der Waals surface area contributed by atoms with Crippen LogP contribution < -0.4 is 11.1 Å². The summed E-state index contributed by atoms with van der Waals surface area (Å²) in [6.07, 6.45) is 8.94. The summed E-state index contributed by atoms with van der Waals surface area (Å²) in [4.78, 5) is 28.5. The first-order chi connectivity index (χ1) is 19.4. The third-order valence-electron chi connectivity index (χ3n) is 8.04. The van der Waals surface area contributed by atoms with Crippen molar-refractivity contribution in [1.82, 2.24) is 14.1 Å². The van der Waals surface area contributed by atoms with Crippen LogP contribution >= 0.6 is 0 Å². The molecule has 0 aliphatic rings. The molecule has 0 bridgehead atoms. The van der Waals surface area contributed by atoms with E-state index in [0.717, 1.165) is 48.8 Å². The van der Waals surface area contributed by atoms with Gasteiger partial charge >= 0.3 is 0 Å². The zero-order valence-electron chi connectivity index (χ0n) is 24.9. The van der Waals surface area contributed by atoms with Crippen LogP contribution in [0.5, 0.6) is 0 Å². The molecule has 0 radical (unpaired) electrons. The molecule has 0 fully saturated rings. The molecular formula is C32H43N5O3Si. The number of aryl methyl sites for hydroxylation is 2. The van der Waals surface area contributed by atoms with E-state index in [1.54, 1.807) is 12.5 Å². The summed E-state index contributed by atoms with van der Waals surface area (Å²) in [7, 11) is -2.09. The monoisotopic (exact) mass is 573 g/mol. The van der Waals surface area contributed by atoms with Gasteiger partial charge in [0.15, 0.2) is 8.32 Å². The van der Waals surface area contributed by atoms with Crippen LogP contribution in [0.15, 0.2) is 73.3 Å². The molecular weight excluding hydrogens is 530 g/mol. The lowest BCUT2D eigenvalue weighted by Crippen LogP contribution is -2.42. The van der Waals surface area contributed by atoms with Crippen LogP contribution in [0.3, 0.4) is 0 Å². The lowest BCUT2D eigenvalue weighted by Gasteiger charge is -2.39. The Morgan fingerprint density at radius 2 is 1.83 bits per heavy atom. The number of hydrogen-bond donors (Lipinski definition) is 2. The molecule has 1 atom stereocenters. The van der Waals surface area contributed by atoms with Crippen molar-refractivity contribution in [2.24, 2.45) is 5.73 Å². The van der Waals surface area contributed by atoms with E-state index in [9.17, 15) is 9.59 Å². The highest BCUT2D eigenvalue weighted by Gasteiger charge is 2.39. The summed E-state index contributed by atoms with van der Waals surface area (Å²) in [5.74, 6) is -0.521. The molecule has 218 valence electrons. The van der Waals surface area contributed by atoms with Crippen molar-refractivity contribution in [2.75, 3.05) is 5.32 Å². The number of anilines is 1. The fourth-order valence-corrected chi connectivity index (χ4v) is 5.89. The van der Waals surface area contributed by atoms with E-state index in [0.29, 0.717) is 6.42 Å². The number of imidazole rings is 1. The quantitative estimate of drug-likeness (QED) is 0.170. The minimum absolute atomic E-state index is 0.0275. The van der Waals surface area contributed by atoms with Gasteiger partial charge in [0.05, 0.1) is 11.8 Å². The molecule has 2 heterocycles. The summed E-state index contributed by atoms with van der Waals surface area (Å²) >= 11 is 0. The Morgan fingerprint density at radius 1 is 1.07 bits per heavy atom. The Bertz CT molecular complexity index is 1470. The van der Waals surface area contributed by atoms with E-state index >= 15 is 0 Å². The highest BCUT2D eigenvalue weighted by Crippen LogP contribution is 2.39. The summed E-state index contributed by atoms with van der Waals surface area (Å²) in [5.41, 5.74) is 8.82. The van der Waals surface area contributed by atoms with Crippen LogP contribution in [-0.2, 0) is 22.2 Å². The van der Waals surface area contributed by atoms with Crippen LogP contribution in [0, 0.1) is 0 Å². The van der Waals surface area contributed by atoms with Crippen molar-refractivity contribution in [2.45, 2.75) is 83.8 Å². The number of benzene rings is 2. The maximum absolute atomic E-state index is 12.6. The Kier molecular flexibility index (Phi) is 9.50. The van der Waals surface area contributed by atoms with E-state index in [1.165, 1.54) is 5.56 Å². The average Bonchev–Trinajstić information content (AvgIpc) is 3.56. The van der Waals surface area contributed by atoms with Gasteiger partial charge < -0.3 is 24.6 Å². The number of hydrogen-bond acceptors (Lipinski definition) is 4. The van der Waals surface area contributed by atoms with Crippen molar-refractivity contribution in [3.8, 4) is 0 Å². The number of rotatable bonds is 13. The summed E-state index contributed by atoms with van der Waals surface area (Å²) < 4.78 is 10.9. The molecule has 0 aliphatic heterocycles. The standard InChI is InChI=1S/C32H43N5O3Si/c1-32(2,3)41(4,5)40-30(37-22-27(31(33)39)34-23-37)15-10-19-36-20-18-25-16-17-26(21-28(25)36)35-29(38)14-9-13-24-11-7-6-8-12-24/h6-8,11-12,16-18,20-23,30H,9-10,13-15,19H2,1-5H3,(H2,33,39)(H,35,38)/t30-/m1/s1. The molecule has 41 heavy (non-hydrogen) atoms. The van der Waals surface area contributed by atoms with Gasteiger partial charge in [-0.2, -0.15) is 0 Å². The zero-order valence-corrected chi connectivity index (χ0v) is 25.9. The largest absolute Gasteiger partial charge is 0.397 e. The Hall–Kier alpha value is -3.69. The Morgan fingerprint density at radius 3 is 2.51 bits per heavy atom. The number of amides is 2. The Balaban J connectivity index is 1.39. The van der Waals surface area contributed by atoms with Gasteiger partial charge in [0.2, 0.25) is 5.91 Å². The maximum Gasteiger partial charge on any atom is 0.268 e. The third-order valence-corrected chi connectivity index (χ3v) is 12.5. The maximum atomic E-state index is 12.6. The molecule has 8 nitrogen and oxygen atoms in total. The highest BCUT2D eigenvalue weighted by molar-refractivity contribution is 6.74. The summed E-state index contributed by atoms with van der Waals surface area (Å²) in [6.45, 7) is 11.9. The van der Waals surface area contributed by atoms with Crippen molar-refractivity contribution in [3.63, 3.8) is 0 Å². The molecule has 2 aromatic heterocycles. The number of nitrogens with one attached hydrogen (secondary N) is 1. The van der Waals surface area contributed by atoms with Gasteiger partial charge in [-0.1, -0.05) is 57.2 Å². The predicted octanol–water partition coefficient (Wildman–Crippen LogP) is 6.90. The normalized spacial score (nSPS) is 12.9. The molecule has 4 rings (SSSR count). The van der Waals surface area contributed by atoms with Crippen LogP contribution in [-0.4, -0.2) is 34.2 Å². The number of aromatic nitrogens is 3. The average molecular weight is 574 g/mol. The van der Waals surface area contributed by atoms with Crippen LogP contribution in [0.4, 0.5) is 5.69 Å². The Labute approximate surface area is 244 Å².